The maximum Gasteiger partial charge on any atom is 0.196 e. The first-order chi connectivity index (χ1) is 10.2. The Hall–Kier alpha value is -1.67. The zero-order valence-electron chi connectivity index (χ0n) is 12.8. The van der Waals surface area contributed by atoms with Crippen LogP contribution in [-0.4, -0.2) is 0 Å². The van der Waals surface area contributed by atoms with Crippen LogP contribution in [0.1, 0.15) is 37.0 Å². The van der Waals surface area contributed by atoms with E-state index in [0.717, 1.165) is 39.4 Å². The van der Waals surface area contributed by atoms with Crippen molar-refractivity contribution in [1.29, 1.82) is 0 Å². The fourth-order valence-corrected chi connectivity index (χ4v) is 4.45. The first-order valence-electron chi connectivity index (χ1n) is 7.64. The minimum absolute atomic E-state index is 0.206. The highest BCUT2D eigenvalue weighted by atomic mass is 32.1. The molecule has 0 spiro atoms. The minimum atomic E-state index is 0.206. The fraction of sp³-hybridized carbons (Fsp3) is 0.316. The zero-order chi connectivity index (χ0) is 15.0. The van der Waals surface area contributed by atoms with Crippen molar-refractivity contribution in [3.05, 3.63) is 57.2 Å². The van der Waals surface area contributed by atoms with Crippen molar-refractivity contribution in [2.45, 2.75) is 40.0 Å². The van der Waals surface area contributed by atoms with Crippen LogP contribution >= 0.6 is 11.3 Å². The van der Waals surface area contributed by atoms with Crippen LogP contribution in [0.2, 0.25) is 0 Å². The SMILES string of the molecule is CCCc1c(CC)c(C)cc2sc3ccccc3c(=O)c12. The third-order valence-corrected chi connectivity index (χ3v) is 5.29. The van der Waals surface area contributed by atoms with Crippen LogP contribution in [0.5, 0.6) is 0 Å². The molecule has 1 heterocycles. The molecule has 2 aromatic carbocycles. The fourth-order valence-electron chi connectivity index (χ4n) is 3.24. The van der Waals surface area contributed by atoms with E-state index in [-0.39, 0.29) is 5.43 Å². The molecule has 0 fully saturated rings. The van der Waals surface area contributed by atoms with E-state index in [1.54, 1.807) is 11.3 Å². The molecule has 3 aromatic rings. The van der Waals surface area contributed by atoms with Crippen LogP contribution in [0.15, 0.2) is 35.1 Å². The molecule has 0 aliphatic carbocycles. The Balaban J connectivity index is 2.54. The lowest BCUT2D eigenvalue weighted by Gasteiger charge is -2.14. The molecular formula is C19H20OS. The second kappa shape index (κ2) is 5.61. The van der Waals surface area contributed by atoms with Crippen molar-refractivity contribution in [2.75, 3.05) is 0 Å². The van der Waals surface area contributed by atoms with Gasteiger partial charge in [0.15, 0.2) is 5.43 Å². The van der Waals surface area contributed by atoms with Crippen molar-refractivity contribution < 1.29 is 0 Å². The molecular weight excluding hydrogens is 276 g/mol. The Morgan fingerprint density at radius 2 is 1.81 bits per heavy atom. The Bertz CT molecular complexity index is 874. The van der Waals surface area contributed by atoms with E-state index in [9.17, 15) is 4.79 Å². The number of rotatable bonds is 3. The summed E-state index contributed by atoms with van der Waals surface area (Å²) in [4.78, 5) is 13.0. The van der Waals surface area contributed by atoms with Gasteiger partial charge in [0.05, 0.1) is 0 Å². The lowest BCUT2D eigenvalue weighted by Crippen LogP contribution is -2.08. The third-order valence-electron chi connectivity index (χ3n) is 4.17. The van der Waals surface area contributed by atoms with Gasteiger partial charge in [0.1, 0.15) is 0 Å². The summed E-state index contributed by atoms with van der Waals surface area (Å²) in [5.74, 6) is 0. The van der Waals surface area contributed by atoms with E-state index < -0.39 is 0 Å². The number of fused-ring (bicyclic) bond motifs is 2. The van der Waals surface area contributed by atoms with E-state index in [4.69, 9.17) is 0 Å². The van der Waals surface area contributed by atoms with E-state index in [0.29, 0.717) is 0 Å². The number of aryl methyl sites for hydroxylation is 2. The van der Waals surface area contributed by atoms with Gasteiger partial charge in [-0.2, -0.15) is 0 Å². The summed E-state index contributed by atoms with van der Waals surface area (Å²) < 4.78 is 2.22. The van der Waals surface area contributed by atoms with Gasteiger partial charge in [-0.3, -0.25) is 4.79 Å². The van der Waals surface area contributed by atoms with Gasteiger partial charge >= 0.3 is 0 Å². The maximum atomic E-state index is 13.0. The second-order valence-corrected chi connectivity index (χ2v) is 6.64. The molecule has 3 rings (SSSR count). The average molecular weight is 296 g/mol. The zero-order valence-corrected chi connectivity index (χ0v) is 13.6. The van der Waals surface area contributed by atoms with Gasteiger partial charge in [-0.1, -0.05) is 32.4 Å². The highest BCUT2D eigenvalue weighted by Gasteiger charge is 2.14. The molecule has 21 heavy (non-hydrogen) atoms. The van der Waals surface area contributed by atoms with Crippen molar-refractivity contribution in [3.8, 4) is 0 Å². The van der Waals surface area contributed by atoms with Crippen LogP contribution in [0, 0.1) is 6.92 Å². The topological polar surface area (TPSA) is 17.1 Å². The van der Waals surface area contributed by atoms with Gasteiger partial charge in [0.2, 0.25) is 0 Å². The normalized spacial score (nSPS) is 11.4. The first-order valence-corrected chi connectivity index (χ1v) is 8.45. The molecule has 0 atom stereocenters. The van der Waals surface area contributed by atoms with Gasteiger partial charge in [-0.15, -0.1) is 11.3 Å². The Morgan fingerprint density at radius 3 is 2.52 bits per heavy atom. The molecule has 0 N–H and O–H groups in total. The van der Waals surface area contributed by atoms with Crippen LogP contribution in [0.25, 0.3) is 20.2 Å². The Kier molecular flexibility index (Phi) is 3.81. The minimum Gasteiger partial charge on any atom is -0.288 e. The van der Waals surface area contributed by atoms with E-state index >= 15 is 0 Å². The average Bonchev–Trinajstić information content (AvgIpc) is 2.47. The van der Waals surface area contributed by atoms with Gasteiger partial charge in [0, 0.05) is 20.2 Å². The highest BCUT2D eigenvalue weighted by Crippen LogP contribution is 2.31. The molecule has 2 heteroatoms. The molecule has 0 saturated heterocycles. The summed E-state index contributed by atoms with van der Waals surface area (Å²) in [6, 6.07) is 10.2. The lowest BCUT2D eigenvalue weighted by molar-refractivity contribution is 0.904. The summed E-state index contributed by atoms with van der Waals surface area (Å²) in [5, 5.41) is 1.82. The standard InChI is InChI=1S/C19H20OS/c1-4-8-14-13(5-2)12(3)11-17-18(14)19(20)15-9-6-7-10-16(15)21-17/h6-7,9-11H,4-5,8H2,1-3H3. The Labute approximate surface area is 129 Å². The molecule has 108 valence electrons. The molecule has 0 aliphatic rings. The summed E-state index contributed by atoms with van der Waals surface area (Å²) in [7, 11) is 0. The molecule has 0 amide bonds. The Morgan fingerprint density at radius 1 is 1.05 bits per heavy atom. The van der Waals surface area contributed by atoms with E-state index in [1.807, 2.05) is 24.3 Å². The number of benzene rings is 2. The van der Waals surface area contributed by atoms with Gasteiger partial charge in [-0.25, -0.2) is 0 Å². The largest absolute Gasteiger partial charge is 0.288 e. The van der Waals surface area contributed by atoms with Crippen molar-refractivity contribution in [2.24, 2.45) is 0 Å². The summed E-state index contributed by atoms with van der Waals surface area (Å²) in [5.41, 5.74) is 4.17. The van der Waals surface area contributed by atoms with E-state index in [1.165, 1.54) is 16.7 Å². The molecule has 0 radical (unpaired) electrons. The predicted octanol–water partition coefficient (Wildman–Crippen LogP) is 5.24. The van der Waals surface area contributed by atoms with Gasteiger partial charge < -0.3 is 0 Å². The number of hydrogen-bond acceptors (Lipinski definition) is 2. The molecule has 0 aliphatic heterocycles. The third kappa shape index (κ3) is 2.28. The van der Waals surface area contributed by atoms with Crippen LogP contribution < -0.4 is 5.43 Å². The molecule has 0 bridgehead atoms. The predicted molar refractivity (Wildman–Crippen MR) is 93.7 cm³/mol. The van der Waals surface area contributed by atoms with Gasteiger partial charge in [0.25, 0.3) is 0 Å². The molecule has 1 aromatic heterocycles. The number of hydrogen-bond donors (Lipinski definition) is 0. The van der Waals surface area contributed by atoms with Gasteiger partial charge in [-0.05, 0) is 54.7 Å². The first kappa shape index (κ1) is 14.3. The lowest BCUT2D eigenvalue weighted by atomic mass is 9.93. The quantitative estimate of drug-likeness (QED) is 0.604. The van der Waals surface area contributed by atoms with Crippen LogP contribution in [-0.2, 0) is 12.8 Å². The smallest absolute Gasteiger partial charge is 0.196 e. The molecule has 0 saturated carbocycles. The van der Waals surface area contributed by atoms with Crippen LogP contribution in [0.3, 0.4) is 0 Å². The second-order valence-electron chi connectivity index (χ2n) is 5.55. The summed E-state index contributed by atoms with van der Waals surface area (Å²) >= 11 is 1.74. The summed E-state index contributed by atoms with van der Waals surface area (Å²) in [6.45, 7) is 6.54. The van der Waals surface area contributed by atoms with Crippen molar-refractivity contribution >= 4 is 31.5 Å². The van der Waals surface area contributed by atoms with Crippen LogP contribution in [0.4, 0.5) is 0 Å². The monoisotopic (exact) mass is 296 g/mol. The van der Waals surface area contributed by atoms with Crippen molar-refractivity contribution in [3.63, 3.8) is 0 Å². The van der Waals surface area contributed by atoms with Crippen molar-refractivity contribution in [1.82, 2.24) is 0 Å². The maximum absolute atomic E-state index is 13.0. The molecule has 0 unspecified atom stereocenters. The van der Waals surface area contributed by atoms with E-state index in [2.05, 4.69) is 26.8 Å². The molecule has 1 nitrogen and oxygen atoms in total. The highest BCUT2D eigenvalue weighted by molar-refractivity contribution is 7.24. The summed E-state index contributed by atoms with van der Waals surface area (Å²) in [6.07, 6.45) is 3.05.